The van der Waals surface area contributed by atoms with Gasteiger partial charge in [-0.3, -0.25) is 4.79 Å². The van der Waals surface area contributed by atoms with Crippen LogP contribution in [0.25, 0.3) is 0 Å². The maximum Gasteiger partial charge on any atom is 0.250 e. The average Bonchev–Trinajstić information content (AvgIpc) is 2.85. The smallest absolute Gasteiger partial charge is 0.250 e. The van der Waals surface area contributed by atoms with E-state index in [1.54, 1.807) is 6.07 Å². The van der Waals surface area contributed by atoms with Gasteiger partial charge in [0.2, 0.25) is 5.91 Å². The zero-order chi connectivity index (χ0) is 9.42. The van der Waals surface area contributed by atoms with E-state index in [1.807, 2.05) is 12.1 Å². The lowest BCUT2D eigenvalue weighted by molar-refractivity contribution is 0.100. The Morgan fingerprint density at radius 1 is 1.46 bits per heavy atom. The van der Waals surface area contributed by atoms with Gasteiger partial charge in [0.25, 0.3) is 0 Å². The number of hydrogen-bond acceptors (Lipinski definition) is 1. The first-order valence-corrected chi connectivity index (χ1v) is 4.65. The normalized spacial score (nSPS) is 15.8. The van der Waals surface area contributed by atoms with E-state index >= 15 is 0 Å². The second kappa shape index (κ2) is 3.04. The summed E-state index contributed by atoms with van der Waals surface area (Å²) in [4.78, 5) is 10.9. The lowest BCUT2D eigenvalue weighted by atomic mass is 10.1. The molecule has 0 aromatic heterocycles. The van der Waals surface area contributed by atoms with Crippen molar-refractivity contribution >= 4 is 17.5 Å². The fourth-order valence-corrected chi connectivity index (χ4v) is 1.68. The van der Waals surface area contributed by atoms with Crippen LogP contribution < -0.4 is 5.73 Å². The Kier molecular flexibility index (Phi) is 2.00. The topological polar surface area (TPSA) is 43.1 Å². The van der Waals surface area contributed by atoms with Crippen molar-refractivity contribution < 1.29 is 4.79 Å². The number of amides is 1. The number of rotatable bonds is 2. The van der Waals surface area contributed by atoms with E-state index in [0.717, 1.165) is 0 Å². The monoisotopic (exact) mass is 195 g/mol. The van der Waals surface area contributed by atoms with Crippen molar-refractivity contribution in [2.45, 2.75) is 18.8 Å². The van der Waals surface area contributed by atoms with Crippen molar-refractivity contribution in [3.8, 4) is 0 Å². The number of halogens is 1. The van der Waals surface area contributed by atoms with Crippen molar-refractivity contribution in [2.75, 3.05) is 0 Å². The second-order valence-corrected chi connectivity index (χ2v) is 3.79. The Balaban J connectivity index is 2.36. The van der Waals surface area contributed by atoms with Crippen molar-refractivity contribution in [3.63, 3.8) is 0 Å². The fraction of sp³-hybridized carbons (Fsp3) is 0.300. The van der Waals surface area contributed by atoms with Gasteiger partial charge in [-0.2, -0.15) is 0 Å². The minimum absolute atomic E-state index is 0.408. The zero-order valence-electron chi connectivity index (χ0n) is 7.09. The Morgan fingerprint density at radius 3 is 2.62 bits per heavy atom. The summed E-state index contributed by atoms with van der Waals surface area (Å²) in [6, 6.07) is 5.49. The molecule has 1 aromatic rings. The molecule has 0 aliphatic heterocycles. The van der Waals surface area contributed by atoms with Gasteiger partial charge in [0.1, 0.15) is 0 Å². The molecule has 1 saturated carbocycles. The molecule has 1 aromatic carbocycles. The molecule has 1 fully saturated rings. The molecule has 1 aliphatic rings. The molecular weight excluding hydrogens is 186 g/mol. The molecular formula is C10H10ClNO. The van der Waals surface area contributed by atoms with Gasteiger partial charge in [0, 0.05) is 0 Å². The summed E-state index contributed by atoms with van der Waals surface area (Å²) in [5, 5.41) is 0.469. The van der Waals surface area contributed by atoms with E-state index in [9.17, 15) is 4.79 Å². The fourth-order valence-electron chi connectivity index (χ4n) is 1.40. The van der Waals surface area contributed by atoms with E-state index in [1.165, 1.54) is 18.4 Å². The molecule has 2 nitrogen and oxygen atoms in total. The van der Waals surface area contributed by atoms with Crippen LogP contribution in [-0.2, 0) is 0 Å². The number of benzene rings is 1. The van der Waals surface area contributed by atoms with Crippen LogP contribution in [0.3, 0.4) is 0 Å². The van der Waals surface area contributed by atoms with Gasteiger partial charge < -0.3 is 5.73 Å². The molecule has 2 rings (SSSR count). The highest BCUT2D eigenvalue weighted by Crippen LogP contribution is 2.41. The van der Waals surface area contributed by atoms with Crippen LogP contribution in [0, 0.1) is 0 Å². The summed E-state index contributed by atoms with van der Waals surface area (Å²) in [6.45, 7) is 0. The second-order valence-electron chi connectivity index (χ2n) is 3.38. The van der Waals surface area contributed by atoms with Crippen LogP contribution in [0.2, 0.25) is 5.02 Å². The third-order valence-corrected chi connectivity index (χ3v) is 2.62. The molecule has 13 heavy (non-hydrogen) atoms. The Bertz CT molecular complexity index is 358. The van der Waals surface area contributed by atoms with E-state index in [2.05, 4.69) is 0 Å². The summed E-state index contributed by atoms with van der Waals surface area (Å²) in [5.74, 6) is 0.187. The van der Waals surface area contributed by atoms with Crippen LogP contribution in [-0.4, -0.2) is 5.91 Å². The van der Waals surface area contributed by atoms with Crippen molar-refractivity contribution in [1.82, 2.24) is 0 Å². The summed E-state index contributed by atoms with van der Waals surface area (Å²) < 4.78 is 0. The Hall–Kier alpha value is -1.02. The molecule has 0 unspecified atom stereocenters. The van der Waals surface area contributed by atoms with Crippen molar-refractivity contribution in [1.29, 1.82) is 0 Å². The highest BCUT2D eigenvalue weighted by atomic mass is 35.5. The third-order valence-electron chi connectivity index (χ3n) is 2.31. The molecule has 1 aliphatic carbocycles. The van der Waals surface area contributed by atoms with Gasteiger partial charge in [-0.15, -0.1) is 0 Å². The number of carbonyl (C=O) groups excluding carboxylic acids is 1. The molecule has 0 heterocycles. The van der Waals surface area contributed by atoms with Crippen LogP contribution in [0.1, 0.15) is 34.7 Å². The minimum atomic E-state index is -0.465. The maximum atomic E-state index is 10.9. The highest BCUT2D eigenvalue weighted by Gasteiger charge is 2.24. The minimum Gasteiger partial charge on any atom is -0.366 e. The molecule has 1 amide bonds. The number of nitrogens with two attached hydrogens (primary N) is 1. The first kappa shape index (κ1) is 8.57. The van der Waals surface area contributed by atoms with Crippen LogP contribution >= 0.6 is 11.6 Å². The first-order valence-electron chi connectivity index (χ1n) is 4.27. The number of carbonyl (C=O) groups is 1. The summed E-state index contributed by atoms with van der Waals surface area (Å²) in [7, 11) is 0. The molecule has 0 atom stereocenters. The van der Waals surface area contributed by atoms with Crippen molar-refractivity contribution in [2.24, 2.45) is 5.73 Å². The SMILES string of the molecule is NC(=O)c1ccc(C2CC2)cc1Cl. The van der Waals surface area contributed by atoms with Gasteiger partial charge >= 0.3 is 0 Å². The number of primary amides is 1. The highest BCUT2D eigenvalue weighted by molar-refractivity contribution is 6.33. The molecule has 0 bridgehead atoms. The van der Waals surface area contributed by atoms with E-state index in [-0.39, 0.29) is 0 Å². The predicted molar refractivity (Wildman–Crippen MR) is 51.9 cm³/mol. The van der Waals surface area contributed by atoms with E-state index < -0.39 is 5.91 Å². The Labute approximate surface area is 81.7 Å². The standard InChI is InChI=1S/C10H10ClNO/c11-9-5-7(6-1-2-6)3-4-8(9)10(12)13/h3-6H,1-2H2,(H2,12,13). The van der Waals surface area contributed by atoms with Gasteiger partial charge in [0.15, 0.2) is 0 Å². The Morgan fingerprint density at radius 2 is 2.15 bits per heavy atom. The quantitative estimate of drug-likeness (QED) is 0.773. The predicted octanol–water partition coefficient (Wildman–Crippen LogP) is 2.32. The van der Waals surface area contributed by atoms with Gasteiger partial charge in [-0.1, -0.05) is 17.7 Å². The summed E-state index contributed by atoms with van der Waals surface area (Å²) in [6.07, 6.45) is 2.46. The van der Waals surface area contributed by atoms with Gasteiger partial charge in [0.05, 0.1) is 10.6 Å². The maximum absolute atomic E-state index is 10.9. The third kappa shape index (κ3) is 1.68. The lowest BCUT2D eigenvalue weighted by Gasteiger charge is -2.02. The van der Waals surface area contributed by atoms with Crippen molar-refractivity contribution in [3.05, 3.63) is 34.3 Å². The molecule has 0 saturated heterocycles. The zero-order valence-corrected chi connectivity index (χ0v) is 7.84. The summed E-state index contributed by atoms with van der Waals surface area (Å²) >= 11 is 5.90. The van der Waals surface area contributed by atoms with Crippen LogP contribution in [0.15, 0.2) is 18.2 Å². The van der Waals surface area contributed by atoms with E-state index in [0.29, 0.717) is 16.5 Å². The molecule has 0 radical (unpaired) electrons. The van der Waals surface area contributed by atoms with Crippen LogP contribution in [0.5, 0.6) is 0 Å². The van der Waals surface area contributed by atoms with Gasteiger partial charge in [-0.25, -0.2) is 0 Å². The van der Waals surface area contributed by atoms with Crippen LogP contribution in [0.4, 0.5) is 0 Å². The first-order chi connectivity index (χ1) is 6.18. The molecule has 2 N–H and O–H groups in total. The molecule has 68 valence electrons. The van der Waals surface area contributed by atoms with Gasteiger partial charge in [-0.05, 0) is 36.5 Å². The lowest BCUT2D eigenvalue weighted by Crippen LogP contribution is -2.11. The van der Waals surface area contributed by atoms with E-state index in [4.69, 9.17) is 17.3 Å². The average molecular weight is 196 g/mol. The summed E-state index contributed by atoms with van der Waals surface area (Å²) in [5.41, 5.74) is 6.76. The number of hydrogen-bond donors (Lipinski definition) is 1. The molecule has 0 spiro atoms. The largest absolute Gasteiger partial charge is 0.366 e. The molecule has 3 heteroatoms.